The normalized spacial score (nSPS) is 19.1. The van der Waals surface area contributed by atoms with Crippen LogP contribution in [-0.2, 0) is 0 Å². The van der Waals surface area contributed by atoms with Gasteiger partial charge >= 0.3 is 0 Å². The third-order valence-corrected chi connectivity index (χ3v) is 3.13. The number of nitrogen functional groups attached to an aromatic ring is 1. The first-order valence-electron chi connectivity index (χ1n) is 5.95. The van der Waals surface area contributed by atoms with Gasteiger partial charge in [0.15, 0.2) is 0 Å². The molecule has 2 aromatic heterocycles. The smallest absolute Gasteiger partial charge is 0.220 e. The average Bonchev–Trinajstić information content (AvgIpc) is 2.89. The monoisotopic (exact) mass is 242 g/mol. The third-order valence-electron chi connectivity index (χ3n) is 3.13. The van der Waals surface area contributed by atoms with Gasteiger partial charge in [0.1, 0.15) is 5.82 Å². The molecule has 0 bridgehead atoms. The van der Waals surface area contributed by atoms with E-state index in [4.69, 9.17) is 5.73 Å². The summed E-state index contributed by atoms with van der Waals surface area (Å²) in [5.41, 5.74) is 6.59. The molecule has 0 aliphatic carbocycles. The number of aromatic nitrogens is 4. The van der Waals surface area contributed by atoms with E-state index in [1.54, 1.807) is 24.8 Å². The number of hydrogen-bond donors (Lipinski definition) is 1. The van der Waals surface area contributed by atoms with E-state index in [1.807, 2.05) is 6.07 Å². The fourth-order valence-electron chi connectivity index (χ4n) is 2.36. The van der Waals surface area contributed by atoms with Gasteiger partial charge in [0, 0.05) is 25.1 Å². The van der Waals surface area contributed by atoms with Crippen molar-refractivity contribution in [1.82, 2.24) is 19.9 Å². The predicted molar refractivity (Wildman–Crippen MR) is 67.8 cm³/mol. The quantitative estimate of drug-likeness (QED) is 0.852. The van der Waals surface area contributed by atoms with Crippen molar-refractivity contribution in [1.29, 1.82) is 0 Å². The number of hydrogen-bond acceptors (Lipinski definition) is 6. The summed E-state index contributed by atoms with van der Waals surface area (Å²) < 4.78 is 0. The molecule has 2 aromatic rings. The molecule has 6 heteroatoms. The Kier molecular flexibility index (Phi) is 2.76. The number of nitrogens with zero attached hydrogens (tertiary/aromatic N) is 5. The first-order valence-corrected chi connectivity index (χ1v) is 5.95. The second-order valence-corrected chi connectivity index (χ2v) is 4.25. The van der Waals surface area contributed by atoms with Crippen molar-refractivity contribution in [2.75, 3.05) is 17.2 Å². The summed E-state index contributed by atoms with van der Waals surface area (Å²) in [5.74, 6) is 1.20. The minimum atomic E-state index is 0.215. The molecule has 1 aliphatic rings. The van der Waals surface area contributed by atoms with Gasteiger partial charge in [-0.3, -0.25) is 4.98 Å². The molecule has 3 rings (SSSR count). The van der Waals surface area contributed by atoms with Crippen LogP contribution in [0.25, 0.3) is 0 Å². The Balaban J connectivity index is 1.92. The van der Waals surface area contributed by atoms with Crippen LogP contribution in [0, 0.1) is 0 Å². The zero-order valence-electron chi connectivity index (χ0n) is 9.90. The summed E-state index contributed by atoms with van der Waals surface area (Å²) in [4.78, 5) is 18.9. The van der Waals surface area contributed by atoms with Crippen molar-refractivity contribution in [3.05, 3.63) is 36.5 Å². The Bertz CT molecular complexity index is 529. The van der Waals surface area contributed by atoms with Crippen LogP contribution in [0.2, 0.25) is 0 Å². The largest absolute Gasteiger partial charge is 0.368 e. The highest BCUT2D eigenvalue weighted by molar-refractivity contribution is 5.40. The lowest BCUT2D eigenvalue weighted by Gasteiger charge is -2.24. The molecule has 0 saturated carbocycles. The van der Waals surface area contributed by atoms with Gasteiger partial charge in [-0.05, 0) is 18.9 Å². The second kappa shape index (κ2) is 4.56. The van der Waals surface area contributed by atoms with E-state index in [-0.39, 0.29) is 6.04 Å². The van der Waals surface area contributed by atoms with Crippen LogP contribution in [0.4, 0.5) is 11.8 Å². The van der Waals surface area contributed by atoms with Crippen LogP contribution in [0.3, 0.4) is 0 Å². The van der Waals surface area contributed by atoms with Crippen molar-refractivity contribution >= 4 is 11.8 Å². The molecule has 1 unspecified atom stereocenters. The minimum Gasteiger partial charge on any atom is -0.368 e. The molecular formula is C12H14N6. The Morgan fingerprint density at radius 3 is 2.94 bits per heavy atom. The first-order chi connectivity index (χ1) is 8.84. The predicted octanol–water partition coefficient (Wildman–Crippen LogP) is 1.19. The van der Waals surface area contributed by atoms with E-state index in [0.717, 1.165) is 30.9 Å². The Labute approximate surface area is 105 Å². The Morgan fingerprint density at radius 2 is 2.17 bits per heavy atom. The van der Waals surface area contributed by atoms with Crippen molar-refractivity contribution in [2.45, 2.75) is 18.9 Å². The van der Waals surface area contributed by atoms with E-state index >= 15 is 0 Å². The fraction of sp³-hybridized carbons (Fsp3) is 0.333. The van der Waals surface area contributed by atoms with Gasteiger partial charge in [-0.2, -0.15) is 0 Å². The standard InChI is InChI=1S/C12H14N6/c13-12-16-4-3-9(17-12)10-2-1-7-18(10)11-8-14-5-6-15-11/h3-6,8,10H,1-2,7H2,(H2,13,16,17). The van der Waals surface area contributed by atoms with Crippen LogP contribution in [0.5, 0.6) is 0 Å². The van der Waals surface area contributed by atoms with Crippen LogP contribution in [0.1, 0.15) is 24.6 Å². The molecule has 1 saturated heterocycles. The molecule has 1 atom stereocenters. The minimum absolute atomic E-state index is 0.215. The lowest BCUT2D eigenvalue weighted by molar-refractivity contribution is 0.685. The van der Waals surface area contributed by atoms with Gasteiger partial charge in [0.05, 0.1) is 17.9 Å². The van der Waals surface area contributed by atoms with Crippen LogP contribution >= 0.6 is 0 Å². The second-order valence-electron chi connectivity index (χ2n) is 4.25. The summed E-state index contributed by atoms with van der Waals surface area (Å²) in [5, 5.41) is 0. The summed E-state index contributed by atoms with van der Waals surface area (Å²) in [6, 6.07) is 2.13. The highest BCUT2D eigenvalue weighted by Gasteiger charge is 2.28. The molecule has 6 nitrogen and oxygen atoms in total. The molecule has 1 aliphatic heterocycles. The van der Waals surface area contributed by atoms with E-state index in [2.05, 4.69) is 24.8 Å². The Hall–Kier alpha value is -2.24. The van der Waals surface area contributed by atoms with Gasteiger partial charge in [0.2, 0.25) is 5.95 Å². The maximum Gasteiger partial charge on any atom is 0.220 e. The van der Waals surface area contributed by atoms with E-state index in [1.165, 1.54) is 0 Å². The van der Waals surface area contributed by atoms with Crippen LogP contribution in [0.15, 0.2) is 30.9 Å². The van der Waals surface area contributed by atoms with Gasteiger partial charge in [-0.25, -0.2) is 15.0 Å². The number of anilines is 2. The lowest BCUT2D eigenvalue weighted by atomic mass is 10.1. The summed E-state index contributed by atoms with van der Waals surface area (Å²) in [6.07, 6.45) is 9.03. The summed E-state index contributed by atoms with van der Waals surface area (Å²) in [6.45, 7) is 0.966. The van der Waals surface area contributed by atoms with Crippen molar-refractivity contribution < 1.29 is 0 Å². The molecule has 0 aromatic carbocycles. The van der Waals surface area contributed by atoms with Gasteiger partial charge in [-0.15, -0.1) is 0 Å². The zero-order chi connectivity index (χ0) is 12.4. The highest BCUT2D eigenvalue weighted by atomic mass is 15.2. The van der Waals surface area contributed by atoms with E-state index in [9.17, 15) is 0 Å². The fourth-order valence-corrected chi connectivity index (χ4v) is 2.36. The molecule has 0 spiro atoms. The van der Waals surface area contributed by atoms with Crippen LogP contribution < -0.4 is 10.6 Å². The van der Waals surface area contributed by atoms with E-state index in [0.29, 0.717) is 5.95 Å². The van der Waals surface area contributed by atoms with Crippen LogP contribution in [-0.4, -0.2) is 26.5 Å². The summed E-state index contributed by atoms with van der Waals surface area (Å²) in [7, 11) is 0. The molecule has 0 radical (unpaired) electrons. The topological polar surface area (TPSA) is 80.8 Å². The molecular weight excluding hydrogens is 228 g/mol. The molecule has 18 heavy (non-hydrogen) atoms. The van der Waals surface area contributed by atoms with E-state index < -0.39 is 0 Å². The van der Waals surface area contributed by atoms with Crippen molar-refractivity contribution in [3.63, 3.8) is 0 Å². The third kappa shape index (κ3) is 1.97. The van der Waals surface area contributed by atoms with Gasteiger partial charge < -0.3 is 10.6 Å². The molecule has 2 N–H and O–H groups in total. The van der Waals surface area contributed by atoms with Gasteiger partial charge in [0.25, 0.3) is 0 Å². The van der Waals surface area contributed by atoms with Crippen molar-refractivity contribution in [2.24, 2.45) is 0 Å². The first kappa shape index (κ1) is 10.9. The average molecular weight is 242 g/mol. The molecule has 92 valence electrons. The SMILES string of the molecule is Nc1nccc(C2CCCN2c2cnccn2)n1. The summed E-state index contributed by atoms with van der Waals surface area (Å²) >= 11 is 0. The maximum atomic E-state index is 5.64. The number of nitrogens with two attached hydrogens (primary N) is 1. The zero-order valence-corrected chi connectivity index (χ0v) is 9.90. The highest BCUT2D eigenvalue weighted by Crippen LogP contribution is 2.33. The molecule has 1 fully saturated rings. The molecule has 0 amide bonds. The lowest BCUT2D eigenvalue weighted by Crippen LogP contribution is -2.24. The number of rotatable bonds is 2. The van der Waals surface area contributed by atoms with Crippen molar-refractivity contribution in [3.8, 4) is 0 Å². The maximum absolute atomic E-state index is 5.64. The molecule has 3 heterocycles. The Morgan fingerprint density at radius 1 is 1.22 bits per heavy atom. The van der Waals surface area contributed by atoms with Gasteiger partial charge in [-0.1, -0.05) is 0 Å².